The Morgan fingerprint density at radius 3 is 2.76 bits per heavy atom. The topological polar surface area (TPSA) is 35.6 Å². The molecule has 0 radical (unpaired) electrons. The van der Waals surface area contributed by atoms with Crippen LogP contribution >= 0.6 is 27.3 Å². The predicted octanol–water partition coefficient (Wildman–Crippen LogP) is 2.30. The third kappa shape index (κ3) is 4.28. The van der Waals surface area contributed by atoms with Gasteiger partial charge in [0.15, 0.2) is 0 Å². The Hall–Kier alpha value is -0.430. The van der Waals surface area contributed by atoms with Gasteiger partial charge in [-0.2, -0.15) is 0 Å². The molecule has 0 aliphatic carbocycles. The molecule has 0 spiro atoms. The van der Waals surface area contributed by atoms with Gasteiger partial charge in [-0.1, -0.05) is 0 Å². The molecule has 1 unspecified atom stereocenters. The molecule has 0 bridgehead atoms. The van der Waals surface area contributed by atoms with Crippen LogP contribution in [0.1, 0.15) is 24.1 Å². The summed E-state index contributed by atoms with van der Waals surface area (Å²) in [6, 6.07) is 4.70. The van der Waals surface area contributed by atoms with E-state index in [9.17, 15) is 4.79 Å². The monoisotopic (exact) mass is 371 g/mol. The van der Waals surface area contributed by atoms with Gasteiger partial charge in [-0.25, -0.2) is 0 Å². The summed E-state index contributed by atoms with van der Waals surface area (Å²) in [6.45, 7) is 5.79. The molecule has 21 heavy (non-hydrogen) atoms. The second-order valence-corrected chi connectivity index (χ2v) is 8.41. The number of thiophene rings is 1. The molecule has 2 aliphatic heterocycles. The van der Waals surface area contributed by atoms with E-state index in [0.717, 1.165) is 45.7 Å². The van der Waals surface area contributed by atoms with Crippen molar-refractivity contribution in [1.29, 1.82) is 0 Å². The Balaban J connectivity index is 1.42. The van der Waals surface area contributed by atoms with Gasteiger partial charge in [0, 0.05) is 50.1 Å². The third-order valence-corrected chi connectivity index (χ3v) is 5.93. The van der Waals surface area contributed by atoms with E-state index in [4.69, 9.17) is 0 Å². The molecule has 2 fully saturated rings. The first-order valence-corrected chi connectivity index (χ1v) is 9.29. The summed E-state index contributed by atoms with van der Waals surface area (Å²) < 4.78 is 1.19. The Labute approximate surface area is 138 Å². The highest BCUT2D eigenvalue weighted by Crippen LogP contribution is 2.23. The van der Waals surface area contributed by atoms with Crippen molar-refractivity contribution in [3.8, 4) is 0 Å². The maximum absolute atomic E-state index is 12.3. The summed E-state index contributed by atoms with van der Waals surface area (Å²) in [5, 5.41) is 3.41. The first-order valence-electron chi connectivity index (χ1n) is 7.68. The van der Waals surface area contributed by atoms with E-state index in [0.29, 0.717) is 18.4 Å². The minimum absolute atomic E-state index is 0.327. The minimum Gasteiger partial charge on any atom is -0.340 e. The highest BCUT2D eigenvalue weighted by molar-refractivity contribution is 9.11. The largest absolute Gasteiger partial charge is 0.340 e. The molecule has 6 heteroatoms. The molecule has 4 nitrogen and oxygen atoms in total. The first-order chi connectivity index (χ1) is 10.2. The van der Waals surface area contributed by atoms with E-state index < -0.39 is 0 Å². The third-order valence-electron chi connectivity index (χ3n) is 4.32. The molecular weight excluding hydrogens is 350 g/mol. The zero-order valence-corrected chi connectivity index (χ0v) is 14.6. The standard InChI is InChI=1S/C15H22BrN3OS/c16-14-4-3-13(21-14)11-18-6-8-19(9-7-18)15(20)10-12-2-1-5-17-12/h3-4,12,17H,1-2,5-11H2. The summed E-state index contributed by atoms with van der Waals surface area (Å²) in [7, 11) is 0. The van der Waals surface area contributed by atoms with Gasteiger partial charge in [-0.3, -0.25) is 9.69 Å². The van der Waals surface area contributed by atoms with Crippen molar-refractivity contribution in [2.75, 3.05) is 32.7 Å². The Morgan fingerprint density at radius 1 is 1.33 bits per heavy atom. The summed E-state index contributed by atoms with van der Waals surface area (Å²) in [5.41, 5.74) is 0. The lowest BCUT2D eigenvalue weighted by Gasteiger charge is -2.35. The predicted molar refractivity (Wildman–Crippen MR) is 89.5 cm³/mol. The maximum Gasteiger partial charge on any atom is 0.224 e. The van der Waals surface area contributed by atoms with Gasteiger partial charge in [0.2, 0.25) is 5.91 Å². The van der Waals surface area contributed by atoms with Crippen molar-refractivity contribution < 1.29 is 4.79 Å². The quantitative estimate of drug-likeness (QED) is 0.881. The summed E-state index contributed by atoms with van der Waals surface area (Å²) in [5.74, 6) is 0.327. The second-order valence-electron chi connectivity index (χ2n) is 5.86. The molecule has 1 atom stereocenters. The molecule has 1 N–H and O–H groups in total. The molecule has 1 aromatic heterocycles. The van der Waals surface area contributed by atoms with Gasteiger partial charge in [-0.15, -0.1) is 11.3 Å². The zero-order chi connectivity index (χ0) is 14.7. The van der Waals surface area contributed by atoms with Gasteiger partial charge in [0.25, 0.3) is 0 Å². The fourth-order valence-corrected chi connectivity index (χ4v) is 4.61. The molecular formula is C15H22BrN3OS. The van der Waals surface area contributed by atoms with Crippen molar-refractivity contribution in [3.63, 3.8) is 0 Å². The summed E-state index contributed by atoms with van der Waals surface area (Å²) in [6.07, 6.45) is 3.04. The van der Waals surface area contributed by atoms with E-state index in [1.54, 1.807) is 11.3 Å². The van der Waals surface area contributed by atoms with Crippen LogP contribution in [0.2, 0.25) is 0 Å². The fourth-order valence-electron chi connectivity index (χ4n) is 3.08. The molecule has 1 aromatic rings. The van der Waals surface area contributed by atoms with Crippen molar-refractivity contribution >= 4 is 33.2 Å². The summed E-state index contributed by atoms with van der Waals surface area (Å²) >= 11 is 5.30. The van der Waals surface area contributed by atoms with E-state index in [1.807, 2.05) is 4.90 Å². The van der Waals surface area contributed by atoms with E-state index in [-0.39, 0.29) is 0 Å². The highest BCUT2D eigenvalue weighted by Gasteiger charge is 2.24. The number of hydrogen-bond acceptors (Lipinski definition) is 4. The average molecular weight is 372 g/mol. The number of piperazine rings is 1. The van der Waals surface area contributed by atoms with Crippen LogP contribution in [0.25, 0.3) is 0 Å². The van der Waals surface area contributed by atoms with Crippen LogP contribution in [0.3, 0.4) is 0 Å². The fraction of sp³-hybridized carbons (Fsp3) is 0.667. The first kappa shape index (κ1) is 15.5. The number of carbonyl (C=O) groups excluding carboxylic acids is 1. The van der Waals surface area contributed by atoms with Gasteiger partial charge in [0.05, 0.1) is 3.79 Å². The Morgan fingerprint density at radius 2 is 2.14 bits per heavy atom. The molecule has 0 saturated carbocycles. The maximum atomic E-state index is 12.3. The van der Waals surface area contributed by atoms with Gasteiger partial charge < -0.3 is 10.2 Å². The summed E-state index contributed by atoms with van der Waals surface area (Å²) in [4.78, 5) is 18.2. The smallest absolute Gasteiger partial charge is 0.224 e. The number of amides is 1. The lowest BCUT2D eigenvalue weighted by atomic mass is 10.1. The van der Waals surface area contributed by atoms with Crippen LogP contribution in [0.15, 0.2) is 15.9 Å². The number of nitrogens with one attached hydrogen (secondary N) is 1. The molecule has 116 valence electrons. The van der Waals surface area contributed by atoms with Crippen molar-refractivity contribution in [2.45, 2.75) is 31.8 Å². The van der Waals surface area contributed by atoms with Crippen LogP contribution in [0.4, 0.5) is 0 Å². The van der Waals surface area contributed by atoms with Crippen LogP contribution in [-0.2, 0) is 11.3 Å². The number of hydrogen-bond donors (Lipinski definition) is 1. The average Bonchev–Trinajstić information content (AvgIpc) is 3.12. The number of nitrogens with zero attached hydrogens (tertiary/aromatic N) is 2. The Kier molecular flexibility index (Phi) is 5.32. The molecule has 3 rings (SSSR count). The minimum atomic E-state index is 0.327. The van der Waals surface area contributed by atoms with E-state index in [1.165, 1.54) is 15.1 Å². The van der Waals surface area contributed by atoms with Crippen molar-refractivity contribution in [1.82, 2.24) is 15.1 Å². The SMILES string of the molecule is O=C(CC1CCCN1)N1CCN(Cc2ccc(Br)s2)CC1. The lowest BCUT2D eigenvalue weighted by Crippen LogP contribution is -2.49. The molecule has 2 saturated heterocycles. The normalized spacial score (nSPS) is 23.7. The van der Waals surface area contributed by atoms with Crippen LogP contribution in [0.5, 0.6) is 0 Å². The number of rotatable bonds is 4. The van der Waals surface area contributed by atoms with Crippen molar-refractivity contribution in [3.05, 3.63) is 20.8 Å². The van der Waals surface area contributed by atoms with Crippen LogP contribution in [0, 0.1) is 0 Å². The molecule has 1 amide bonds. The molecule has 0 aromatic carbocycles. The van der Waals surface area contributed by atoms with Crippen molar-refractivity contribution in [2.24, 2.45) is 0 Å². The van der Waals surface area contributed by atoms with E-state index in [2.05, 4.69) is 38.3 Å². The van der Waals surface area contributed by atoms with Gasteiger partial charge >= 0.3 is 0 Å². The zero-order valence-electron chi connectivity index (χ0n) is 12.2. The van der Waals surface area contributed by atoms with Crippen LogP contribution in [-0.4, -0.2) is 54.5 Å². The van der Waals surface area contributed by atoms with E-state index >= 15 is 0 Å². The second kappa shape index (κ2) is 7.22. The molecule has 3 heterocycles. The number of carbonyl (C=O) groups is 1. The highest BCUT2D eigenvalue weighted by atomic mass is 79.9. The van der Waals surface area contributed by atoms with Gasteiger partial charge in [-0.05, 0) is 47.4 Å². The van der Waals surface area contributed by atoms with Crippen LogP contribution < -0.4 is 5.32 Å². The lowest BCUT2D eigenvalue weighted by molar-refractivity contribution is -0.133. The van der Waals surface area contributed by atoms with Gasteiger partial charge in [0.1, 0.15) is 0 Å². The molecule has 2 aliphatic rings. The Bertz CT molecular complexity index is 479. The number of halogens is 1.